The van der Waals surface area contributed by atoms with Crippen molar-refractivity contribution in [3.05, 3.63) is 36.7 Å². The van der Waals surface area contributed by atoms with Gasteiger partial charge in [0.2, 0.25) is 0 Å². The van der Waals surface area contributed by atoms with Crippen LogP contribution in [0.5, 0.6) is 0 Å². The molecule has 0 fully saturated rings. The van der Waals surface area contributed by atoms with Crippen molar-refractivity contribution in [2.75, 3.05) is 0 Å². The van der Waals surface area contributed by atoms with Crippen LogP contribution in [0.2, 0.25) is 0 Å². The summed E-state index contributed by atoms with van der Waals surface area (Å²) >= 11 is 0. The average molecular weight is 324 g/mol. The highest BCUT2D eigenvalue weighted by Crippen LogP contribution is 2.23. The Labute approximate surface area is 142 Å². The van der Waals surface area contributed by atoms with Crippen LogP contribution in [-0.2, 0) is 13.1 Å². The Balaban J connectivity index is 1.78. The van der Waals surface area contributed by atoms with Gasteiger partial charge < -0.3 is 0 Å². The smallest absolute Gasteiger partial charge is 0.113 e. The molecule has 3 aromatic rings. The van der Waals surface area contributed by atoms with Gasteiger partial charge in [-0.3, -0.25) is 9.36 Å². The second-order valence-corrected chi connectivity index (χ2v) is 6.02. The molecule has 0 aliphatic heterocycles. The van der Waals surface area contributed by atoms with Crippen molar-refractivity contribution < 1.29 is 0 Å². The van der Waals surface area contributed by atoms with Crippen LogP contribution >= 0.6 is 0 Å². The van der Waals surface area contributed by atoms with E-state index in [9.17, 15) is 0 Å². The van der Waals surface area contributed by atoms with Crippen LogP contribution in [0.4, 0.5) is 0 Å². The van der Waals surface area contributed by atoms with Gasteiger partial charge in [-0.05, 0) is 18.9 Å². The van der Waals surface area contributed by atoms with Gasteiger partial charge in [-0.2, -0.15) is 0 Å². The Morgan fingerprint density at radius 1 is 0.792 bits per heavy atom. The molecule has 0 bridgehead atoms. The van der Waals surface area contributed by atoms with Crippen molar-refractivity contribution in [1.29, 1.82) is 0 Å². The summed E-state index contributed by atoms with van der Waals surface area (Å²) in [6.45, 7) is 6.17. The molecule has 0 unspecified atom stereocenters. The van der Waals surface area contributed by atoms with E-state index in [1.807, 2.05) is 27.8 Å². The minimum absolute atomic E-state index is 0.895. The highest BCUT2D eigenvalue weighted by atomic mass is 15.4. The summed E-state index contributed by atoms with van der Waals surface area (Å²) in [6, 6.07) is 8.24. The summed E-state index contributed by atoms with van der Waals surface area (Å²) in [5.41, 5.74) is 3.90. The van der Waals surface area contributed by atoms with Gasteiger partial charge in [0.25, 0.3) is 0 Å². The maximum atomic E-state index is 4.29. The van der Waals surface area contributed by atoms with E-state index < -0.39 is 0 Å². The van der Waals surface area contributed by atoms with Crippen molar-refractivity contribution >= 4 is 0 Å². The maximum absolute atomic E-state index is 4.29. The van der Waals surface area contributed by atoms with Gasteiger partial charge in [-0.25, -0.2) is 0 Å². The molecule has 126 valence electrons. The first-order valence-electron chi connectivity index (χ1n) is 8.71. The molecule has 2 aromatic heterocycles. The molecule has 0 aliphatic rings. The number of aromatic nitrogens is 6. The zero-order valence-electron chi connectivity index (χ0n) is 14.4. The number of hydrogen-bond acceptors (Lipinski definition) is 4. The summed E-state index contributed by atoms with van der Waals surface area (Å²) in [5, 5.41) is 17.0. The second kappa shape index (κ2) is 7.86. The minimum atomic E-state index is 0.895. The molecule has 0 spiro atoms. The SMILES string of the molecule is CCCCn1cc(-c2cccc(-c3cn(CCCC)nn3)c2)nn1. The largest absolute Gasteiger partial charge is 0.252 e. The predicted octanol–water partition coefficient (Wildman–Crippen LogP) is 3.80. The van der Waals surface area contributed by atoms with Crippen LogP contribution in [0.1, 0.15) is 39.5 Å². The van der Waals surface area contributed by atoms with Crippen molar-refractivity contribution in [1.82, 2.24) is 30.0 Å². The molecule has 0 radical (unpaired) electrons. The zero-order valence-corrected chi connectivity index (χ0v) is 14.4. The van der Waals surface area contributed by atoms with E-state index in [1.54, 1.807) is 0 Å². The number of rotatable bonds is 8. The van der Waals surface area contributed by atoms with Gasteiger partial charge in [0, 0.05) is 24.2 Å². The summed E-state index contributed by atoms with van der Waals surface area (Å²) < 4.78 is 3.82. The maximum Gasteiger partial charge on any atom is 0.113 e. The van der Waals surface area contributed by atoms with E-state index >= 15 is 0 Å². The summed E-state index contributed by atoms with van der Waals surface area (Å²) in [5.74, 6) is 0. The number of aryl methyl sites for hydroxylation is 2. The lowest BCUT2D eigenvalue weighted by Crippen LogP contribution is -1.97. The number of benzene rings is 1. The van der Waals surface area contributed by atoms with Crippen LogP contribution in [0, 0.1) is 0 Å². The monoisotopic (exact) mass is 324 g/mol. The first-order valence-corrected chi connectivity index (χ1v) is 8.71. The lowest BCUT2D eigenvalue weighted by molar-refractivity contribution is 0.553. The molecular weight excluding hydrogens is 300 g/mol. The van der Waals surface area contributed by atoms with Gasteiger partial charge >= 0.3 is 0 Å². The average Bonchev–Trinajstić information content (AvgIpc) is 3.28. The number of nitrogens with zero attached hydrogens (tertiary/aromatic N) is 6. The fraction of sp³-hybridized carbons (Fsp3) is 0.444. The molecule has 24 heavy (non-hydrogen) atoms. The van der Waals surface area contributed by atoms with Gasteiger partial charge in [-0.15, -0.1) is 10.2 Å². The van der Waals surface area contributed by atoms with E-state index in [2.05, 4.69) is 52.7 Å². The Bertz CT molecular complexity index is 712. The van der Waals surface area contributed by atoms with E-state index in [4.69, 9.17) is 0 Å². The standard InChI is InChI=1S/C18H24N6/c1-3-5-10-23-13-17(19-21-23)15-8-7-9-16(12-15)18-14-24(22-20-18)11-6-4-2/h7-9,12-14H,3-6,10-11H2,1-2H3. The Morgan fingerprint density at radius 3 is 1.75 bits per heavy atom. The quantitative estimate of drug-likeness (QED) is 0.632. The van der Waals surface area contributed by atoms with E-state index in [0.29, 0.717) is 0 Å². The highest BCUT2D eigenvalue weighted by Gasteiger charge is 2.08. The normalized spacial score (nSPS) is 11.1. The summed E-state index contributed by atoms with van der Waals surface area (Å²) in [4.78, 5) is 0. The predicted molar refractivity (Wildman–Crippen MR) is 94.3 cm³/mol. The molecule has 0 N–H and O–H groups in total. The van der Waals surface area contributed by atoms with Gasteiger partial charge in [0.1, 0.15) is 11.4 Å². The molecule has 3 rings (SSSR count). The molecule has 0 amide bonds. The summed E-state index contributed by atoms with van der Waals surface area (Å²) in [7, 11) is 0. The van der Waals surface area contributed by atoms with Gasteiger partial charge in [-0.1, -0.05) is 55.3 Å². The van der Waals surface area contributed by atoms with Crippen molar-refractivity contribution in [2.24, 2.45) is 0 Å². The first kappa shape index (κ1) is 16.4. The molecule has 0 aliphatic carbocycles. The third-order valence-corrected chi connectivity index (χ3v) is 4.01. The Hall–Kier alpha value is -2.50. The van der Waals surface area contributed by atoms with Crippen LogP contribution in [-0.4, -0.2) is 30.0 Å². The van der Waals surface area contributed by atoms with Crippen LogP contribution < -0.4 is 0 Å². The lowest BCUT2D eigenvalue weighted by Gasteiger charge is -2.00. The number of hydrogen-bond donors (Lipinski definition) is 0. The zero-order chi connectivity index (χ0) is 16.8. The summed E-state index contributed by atoms with van der Waals surface area (Å²) in [6.07, 6.45) is 8.55. The van der Waals surface area contributed by atoms with Gasteiger partial charge in [0.05, 0.1) is 12.4 Å². The van der Waals surface area contributed by atoms with Crippen molar-refractivity contribution in [2.45, 2.75) is 52.6 Å². The van der Waals surface area contributed by atoms with Crippen LogP contribution in [0.25, 0.3) is 22.5 Å². The number of unbranched alkanes of at least 4 members (excludes halogenated alkanes) is 2. The molecule has 0 saturated carbocycles. The minimum Gasteiger partial charge on any atom is -0.252 e. The van der Waals surface area contributed by atoms with E-state index in [0.717, 1.165) is 61.3 Å². The van der Waals surface area contributed by atoms with Crippen LogP contribution in [0.3, 0.4) is 0 Å². The molecule has 1 aromatic carbocycles. The molecule has 2 heterocycles. The molecular formula is C18H24N6. The van der Waals surface area contributed by atoms with Crippen molar-refractivity contribution in [3.63, 3.8) is 0 Å². The topological polar surface area (TPSA) is 61.4 Å². The van der Waals surface area contributed by atoms with Gasteiger partial charge in [0.15, 0.2) is 0 Å². The Kier molecular flexibility index (Phi) is 5.36. The fourth-order valence-corrected chi connectivity index (χ4v) is 2.56. The third-order valence-electron chi connectivity index (χ3n) is 4.01. The van der Waals surface area contributed by atoms with E-state index in [1.165, 1.54) is 0 Å². The second-order valence-electron chi connectivity index (χ2n) is 6.02. The molecule has 0 saturated heterocycles. The fourth-order valence-electron chi connectivity index (χ4n) is 2.56. The van der Waals surface area contributed by atoms with E-state index in [-0.39, 0.29) is 0 Å². The third kappa shape index (κ3) is 3.88. The highest BCUT2D eigenvalue weighted by molar-refractivity contribution is 5.68. The molecule has 6 heteroatoms. The molecule has 0 atom stereocenters. The molecule has 6 nitrogen and oxygen atoms in total. The first-order chi connectivity index (χ1) is 11.8. The van der Waals surface area contributed by atoms with Crippen molar-refractivity contribution in [3.8, 4) is 22.5 Å². The Morgan fingerprint density at radius 2 is 1.29 bits per heavy atom. The lowest BCUT2D eigenvalue weighted by atomic mass is 10.1. The van der Waals surface area contributed by atoms with Crippen LogP contribution in [0.15, 0.2) is 36.7 Å².